The van der Waals surface area contributed by atoms with Crippen molar-refractivity contribution in [3.8, 4) is 0 Å². The monoisotopic (exact) mass is 566 g/mol. The molecule has 0 bridgehead atoms. The van der Waals surface area contributed by atoms with Crippen LogP contribution in [0.1, 0.15) is 44.2 Å². The van der Waals surface area contributed by atoms with Crippen molar-refractivity contribution in [3.63, 3.8) is 0 Å². The molecular formula is C31H38N2O6S. The van der Waals surface area contributed by atoms with Gasteiger partial charge in [0.05, 0.1) is 4.90 Å². The van der Waals surface area contributed by atoms with Crippen LogP contribution in [0.5, 0.6) is 0 Å². The van der Waals surface area contributed by atoms with Crippen molar-refractivity contribution in [1.82, 2.24) is 9.62 Å². The molecule has 0 unspecified atom stereocenters. The van der Waals surface area contributed by atoms with Crippen molar-refractivity contribution in [2.75, 3.05) is 13.1 Å². The van der Waals surface area contributed by atoms with Crippen molar-refractivity contribution >= 4 is 22.1 Å². The highest BCUT2D eigenvalue weighted by Crippen LogP contribution is 2.24. The average Bonchev–Trinajstić information content (AvgIpc) is 2.97. The Morgan fingerprint density at radius 1 is 0.775 bits per heavy atom. The lowest BCUT2D eigenvalue weighted by Crippen LogP contribution is -2.47. The number of hydrogen-bond donors (Lipinski definition) is 1. The maximum atomic E-state index is 13.7. The first-order valence-electron chi connectivity index (χ1n) is 13.5. The summed E-state index contributed by atoms with van der Waals surface area (Å²) in [5.41, 5.74) is 1.70. The molecule has 8 nitrogen and oxygen atoms in total. The fourth-order valence-corrected chi connectivity index (χ4v) is 5.90. The van der Waals surface area contributed by atoms with Gasteiger partial charge in [0.25, 0.3) is 0 Å². The minimum Gasteiger partial charge on any atom is -0.460 e. The summed E-state index contributed by atoms with van der Waals surface area (Å²) in [6.45, 7) is 4.52. The molecule has 0 saturated heterocycles. The fourth-order valence-electron chi connectivity index (χ4n) is 4.11. The number of esters is 1. The number of rotatable bonds is 15. The van der Waals surface area contributed by atoms with Crippen molar-refractivity contribution in [2.24, 2.45) is 5.92 Å². The van der Waals surface area contributed by atoms with Crippen LogP contribution >= 0.6 is 0 Å². The number of sulfonamides is 1. The van der Waals surface area contributed by atoms with Gasteiger partial charge in [-0.15, -0.1) is 0 Å². The first kappa shape index (κ1) is 30.8. The Morgan fingerprint density at radius 3 is 1.85 bits per heavy atom. The Hall–Kier alpha value is -3.69. The molecular weight excluding hydrogens is 528 g/mol. The summed E-state index contributed by atoms with van der Waals surface area (Å²) in [5.74, 6) is -0.622. The maximum absolute atomic E-state index is 13.7. The molecule has 1 N–H and O–H groups in total. The minimum atomic E-state index is -3.97. The van der Waals surface area contributed by atoms with E-state index in [1.807, 2.05) is 74.5 Å². The molecule has 0 aliphatic rings. The lowest BCUT2D eigenvalue weighted by atomic mass is 10.1. The van der Waals surface area contributed by atoms with E-state index in [0.717, 1.165) is 11.1 Å². The van der Waals surface area contributed by atoms with Crippen molar-refractivity contribution in [1.29, 1.82) is 0 Å². The van der Waals surface area contributed by atoms with E-state index in [0.29, 0.717) is 19.4 Å². The fraction of sp³-hybridized carbons (Fsp3) is 0.355. The molecule has 1 amide bonds. The second-order valence-electron chi connectivity index (χ2n) is 9.88. The summed E-state index contributed by atoms with van der Waals surface area (Å²) in [4.78, 5) is 25.6. The number of amides is 1. The van der Waals surface area contributed by atoms with Crippen LogP contribution in [-0.2, 0) is 37.5 Å². The molecule has 9 heteroatoms. The van der Waals surface area contributed by atoms with Crippen LogP contribution in [0.4, 0.5) is 4.79 Å². The molecule has 214 valence electrons. The molecule has 0 aliphatic heterocycles. The number of benzene rings is 3. The Kier molecular flexibility index (Phi) is 12.2. The van der Waals surface area contributed by atoms with Crippen LogP contribution in [-0.4, -0.2) is 43.9 Å². The van der Waals surface area contributed by atoms with Gasteiger partial charge in [0, 0.05) is 13.1 Å². The van der Waals surface area contributed by atoms with E-state index in [4.69, 9.17) is 9.47 Å². The van der Waals surface area contributed by atoms with E-state index in [1.54, 1.807) is 18.2 Å². The topological polar surface area (TPSA) is 102 Å². The van der Waals surface area contributed by atoms with Gasteiger partial charge in [-0.3, -0.25) is 4.79 Å². The second-order valence-corrected chi connectivity index (χ2v) is 11.8. The lowest BCUT2D eigenvalue weighted by molar-refractivity contribution is -0.150. The SMILES string of the molecule is CC(C)CN([C@@H](CCCCNC(=O)OCc1ccccc1)C(=O)OCc1ccccc1)S(=O)(=O)c1ccccc1. The van der Waals surface area contributed by atoms with Gasteiger partial charge in [0.2, 0.25) is 10.0 Å². The second kappa shape index (κ2) is 15.8. The van der Waals surface area contributed by atoms with Gasteiger partial charge in [-0.1, -0.05) is 92.7 Å². The van der Waals surface area contributed by atoms with E-state index >= 15 is 0 Å². The highest BCUT2D eigenvalue weighted by Gasteiger charge is 2.37. The van der Waals surface area contributed by atoms with Crippen molar-refractivity contribution in [2.45, 2.75) is 57.3 Å². The number of unbranched alkanes of at least 4 members (excludes halogenated alkanes) is 1. The largest absolute Gasteiger partial charge is 0.460 e. The van der Waals surface area contributed by atoms with Crippen LogP contribution in [0.25, 0.3) is 0 Å². The normalized spacial score (nSPS) is 12.2. The van der Waals surface area contributed by atoms with Crippen molar-refractivity contribution in [3.05, 3.63) is 102 Å². The van der Waals surface area contributed by atoms with Gasteiger partial charge in [0.15, 0.2) is 0 Å². The van der Waals surface area contributed by atoms with E-state index in [1.165, 1.54) is 16.4 Å². The van der Waals surface area contributed by atoms with E-state index in [2.05, 4.69) is 5.32 Å². The van der Waals surface area contributed by atoms with E-state index < -0.39 is 28.1 Å². The van der Waals surface area contributed by atoms with Crippen LogP contribution in [0.2, 0.25) is 0 Å². The molecule has 3 aromatic rings. The lowest BCUT2D eigenvalue weighted by Gasteiger charge is -2.31. The van der Waals surface area contributed by atoms with Gasteiger partial charge in [-0.05, 0) is 48.4 Å². The number of nitrogens with zero attached hydrogens (tertiary/aromatic N) is 1. The smallest absolute Gasteiger partial charge is 0.407 e. The number of carbonyl (C=O) groups excluding carboxylic acids is 2. The van der Waals surface area contributed by atoms with Gasteiger partial charge in [0.1, 0.15) is 19.3 Å². The summed E-state index contributed by atoms with van der Waals surface area (Å²) < 4.78 is 39.5. The molecule has 0 aromatic heterocycles. The Labute approximate surface area is 237 Å². The third-order valence-corrected chi connectivity index (χ3v) is 8.01. The zero-order valence-corrected chi connectivity index (χ0v) is 23.9. The van der Waals surface area contributed by atoms with Gasteiger partial charge in [-0.25, -0.2) is 13.2 Å². The van der Waals surface area contributed by atoms with Gasteiger partial charge in [-0.2, -0.15) is 4.31 Å². The Balaban J connectivity index is 1.65. The highest BCUT2D eigenvalue weighted by atomic mass is 32.2. The third-order valence-electron chi connectivity index (χ3n) is 6.12. The standard InChI is InChI=1S/C31H38N2O6S/c1-25(2)22-33(40(36,37)28-18-10-5-11-19-28)29(30(34)38-23-26-14-6-3-7-15-26)20-12-13-21-32-31(35)39-24-27-16-8-4-9-17-27/h3-11,14-19,25,29H,12-13,20-24H2,1-2H3,(H,32,35)/t29-/m0/s1. The number of carbonyl (C=O) groups is 2. The molecule has 0 spiro atoms. The Morgan fingerprint density at radius 2 is 1.30 bits per heavy atom. The predicted molar refractivity (Wildman–Crippen MR) is 154 cm³/mol. The molecule has 40 heavy (non-hydrogen) atoms. The minimum absolute atomic E-state index is 0.0241. The predicted octanol–water partition coefficient (Wildman–Crippen LogP) is 5.54. The van der Waals surface area contributed by atoms with Gasteiger partial charge < -0.3 is 14.8 Å². The summed E-state index contributed by atoms with van der Waals surface area (Å²) >= 11 is 0. The summed E-state index contributed by atoms with van der Waals surface area (Å²) in [5, 5.41) is 2.71. The molecule has 0 radical (unpaired) electrons. The summed E-state index contributed by atoms with van der Waals surface area (Å²) in [7, 11) is -3.97. The molecule has 3 rings (SSSR count). The van der Waals surface area contributed by atoms with Crippen LogP contribution < -0.4 is 5.32 Å². The van der Waals surface area contributed by atoms with Gasteiger partial charge >= 0.3 is 12.1 Å². The zero-order valence-electron chi connectivity index (χ0n) is 23.1. The number of hydrogen-bond acceptors (Lipinski definition) is 6. The summed E-state index contributed by atoms with van der Waals surface area (Å²) in [6.07, 6.45) is 0.732. The number of alkyl carbamates (subject to hydrolysis) is 1. The molecule has 0 aliphatic carbocycles. The average molecular weight is 567 g/mol. The third kappa shape index (κ3) is 9.81. The zero-order chi connectivity index (χ0) is 28.8. The molecule has 0 fully saturated rings. The van der Waals surface area contributed by atoms with Crippen LogP contribution in [0.3, 0.4) is 0 Å². The first-order valence-corrected chi connectivity index (χ1v) is 14.9. The van der Waals surface area contributed by atoms with Crippen LogP contribution in [0.15, 0.2) is 95.9 Å². The highest BCUT2D eigenvalue weighted by molar-refractivity contribution is 7.89. The molecule has 0 heterocycles. The van der Waals surface area contributed by atoms with Crippen LogP contribution in [0, 0.1) is 5.92 Å². The van der Waals surface area contributed by atoms with Crippen molar-refractivity contribution < 1.29 is 27.5 Å². The molecule has 3 aromatic carbocycles. The molecule has 1 atom stereocenters. The van der Waals surface area contributed by atoms with E-state index in [-0.39, 0.29) is 37.0 Å². The summed E-state index contributed by atoms with van der Waals surface area (Å²) in [6, 6.07) is 25.7. The quantitative estimate of drug-likeness (QED) is 0.191. The molecule has 0 saturated carbocycles. The maximum Gasteiger partial charge on any atom is 0.407 e. The Bertz CT molecular complexity index is 1290. The number of nitrogens with one attached hydrogen (secondary N) is 1. The number of ether oxygens (including phenoxy) is 2. The first-order chi connectivity index (χ1) is 19.3. The van der Waals surface area contributed by atoms with E-state index in [9.17, 15) is 18.0 Å².